The lowest BCUT2D eigenvalue weighted by Crippen LogP contribution is -2.46. The zero-order chi connectivity index (χ0) is 15.1. The Morgan fingerprint density at radius 3 is 2.60 bits per heavy atom. The van der Waals surface area contributed by atoms with Crippen LogP contribution in [-0.4, -0.2) is 29.1 Å². The molecule has 0 unspecified atom stereocenters. The third kappa shape index (κ3) is 5.42. The molecule has 20 heavy (non-hydrogen) atoms. The third-order valence-electron chi connectivity index (χ3n) is 2.50. The number of primary amides is 1. The lowest BCUT2D eigenvalue weighted by molar-refractivity contribution is -0.139. The van der Waals surface area contributed by atoms with E-state index < -0.39 is 23.9 Å². The highest BCUT2D eigenvalue weighted by atomic mass is 16.4. The van der Waals surface area contributed by atoms with Gasteiger partial charge in [0, 0.05) is 6.42 Å². The van der Waals surface area contributed by atoms with Crippen LogP contribution in [0.2, 0.25) is 0 Å². The molecule has 0 spiro atoms. The Hall–Kier alpha value is -2.51. The van der Waals surface area contributed by atoms with E-state index in [-0.39, 0.29) is 19.4 Å². The predicted molar refractivity (Wildman–Crippen MR) is 68.7 cm³/mol. The lowest BCUT2D eigenvalue weighted by Gasteiger charge is -2.14. The number of aliphatic carboxylic acids is 1. The standard InChI is InChI=1S/C12H17N3O5/c1-7-2-3-8(20-7)6-14-12(19)15-9(11(17)18)4-5-10(13)16/h2-3,9H,4-6H2,1H3,(H2,13,16)(H,17,18)(H2,14,15,19)/t9-/m1/s1. The van der Waals surface area contributed by atoms with E-state index in [4.69, 9.17) is 15.3 Å². The molecular formula is C12H17N3O5. The van der Waals surface area contributed by atoms with Crippen molar-refractivity contribution >= 4 is 17.9 Å². The predicted octanol–water partition coefficient (Wildman–Crippen LogP) is 0.106. The van der Waals surface area contributed by atoms with Gasteiger partial charge in [0.05, 0.1) is 6.54 Å². The molecule has 1 aromatic rings. The smallest absolute Gasteiger partial charge is 0.326 e. The van der Waals surface area contributed by atoms with Crippen LogP contribution in [-0.2, 0) is 16.1 Å². The van der Waals surface area contributed by atoms with Gasteiger partial charge in [-0.15, -0.1) is 0 Å². The first-order valence-corrected chi connectivity index (χ1v) is 5.99. The number of furan rings is 1. The first kappa shape index (κ1) is 15.5. The van der Waals surface area contributed by atoms with E-state index in [1.54, 1.807) is 19.1 Å². The van der Waals surface area contributed by atoms with Crippen molar-refractivity contribution in [1.82, 2.24) is 10.6 Å². The molecule has 0 radical (unpaired) electrons. The minimum absolute atomic E-state index is 0.0576. The average Bonchev–Trinajstić information content (AvgIpc) is 2.77. The van der Waals surface area contributed by atoms with Crippen LogP contribution in [0.25, 0.3) is 0 Å². The van der Waals surface area contributed by atoms with Gasteiger partial charge in [-0.3, -0.25) is 4.79 Å². The van der Waals surface area contributed by atoms with Crippen LogP contribution in [0, 0.1) is 6.92 Å². The maximum absolute atomic E-state index is 11.5. The largest absolute Gasteiger partial charge is 0.480 e. The van der Waals surface area contributed by atoms with Crippen LogP contribution in [0.5, 0.6) is 0 Å². The van der Waals surface area contributed by atoms with Crippen molar-refractivity contribution in [3.63, 3.8) is 0 Å². The molecule has 8 heteroatoms. The van der Waals surface area contributed by atoms with Crippen molar-refractivity contribution in [2.24, 2.45) is 5.73 Å². The van der Waals surface area contributed by atoms with E-state index in [9.17, 15) is 14.4 Å². The molecule has 0 aliphatic carbocycles. The van der Waals surface area contributed by atoms with Crippen LogP contribution < -0.4 is 16.4 Å². The topological polar surface area (TPSA) is 135 Å². The number of aryl methyl sites for hydroxylation is 1. The number of carbonyl (C=O) groups excluding carboxylic acids is 2. The Bertz CT molecular complexity index is 497. The highest BCUT2D eigenvalue weighted by molar-refractivity contribution is 5.83. The third-order valence-corrected chi connectivity index (χ3v) is 2.50. The fourth-order valence-corrected chi connectivity index (χ4v) is 1.50. The van der Waals surface area contributed by atoms with E-state index in [1.165, 1.54) is 0 Å². The van der Waals surface area contributed by atoms with Crippen molar-refractivity contribution < 1.29 is 23.9 Å². The molecule has 1 rings (SSSR count). The molecule has 0 fully saturated rings. The van der Waals surface area contributed by atoms with Crippen LogP contribution >= 0.6 is 0 Å². The molecule has 0 bridgehead atoms. The van der Waals surface area contributed by atoms with Gasteiger partial charge in [0.15, 0.2) is 0 Å². The summed E-state index contributed by atoms with van der Waals surface area (Å²) in [6.07, 6.45) is -0.174. The van der Waals surface area contributed by atoms with Gasteiger partial charge < -0.3 is 25.9 Å². The van der Waals surface area contributed by atoms with E-state index in [0.29, 0.717) is 11.5 Å². The highest BCUT2D eigenvalue weighted by Crippen LogP contribution is 2.05. The zero-order valence-corrected chi connectivity index (χ0v) is 11.0. The zero-order valence-electron chi connectivity index (χ0n) is 11.0. The number of rotatable bonds is 7. The number of carbonyl (C=O) groups is 3. The van der Waals surface area contributed by atoms with Crippen molar-refractivity contribution in [1.29, 1.82) is 0 Å². The molecule has 0 aliphatic rings. The summed E-state index contributed by atoms with van der Waals surface area (Å²) in [5.41, 5.74) is 4.94. The molecule has 5 N–H and O–H groups in total. The normalized spacial score (nSPS) is 11.7. The van der Waals surface area contributed by atoms with Crippen LogP contribution in [0.15, 0.2) is 16.5 Å². The molecule has 110 valence electrons. The number of urea groups is 1. The molecular weight excluding hydrogens is 266 g/mol. The fraction of sp³-hybridized carbons (Fsp3) is 0.417. The Labute approximate surface area is 115 Å². The van der Waals surface area contributed by atoms with Crippen LogP contribution in [0.3, 0.4) is 0 Å². The monoisotopic (exact) mass is 283 g/mol. The second kappa shape index (κ2) is 7.17. The van der Waals surface area contributed by atoms with Crippen LogP contribution in [0.1, 0.15) is 24.4 Å². The summed E-state index contributed by atoms with van der Waals surface area (Å²) in [6, 6.07) is 1.64. The Balaban J connectivity index is 2.41. The quantitative estimate of drug-likeness (QED) is 0.563. The molecule has 1 heterocycles. The molecule has 3 amide bonds. The maximum atomic E-state index is 11.5. The Kier molecular flexibility index (Phi) is 5.57. The van der Waals surface area contributed by atoms with Gasteiger partial charge in [-0.25, -0.2) is 9.59 Å². The van der Waals surface area contributed by atoms with E-state index in [1.807, 2.05) is 0 Å². The lowest BCUT2D eigenvalue weighted by atomic mass is 10.1. The number of hydrogen-bond acceptors (Lipinski definition) is 4. The summed E-state index contributed by atoms with van der Waals surface area (Å²) in [5.74, 6) is -0.575. The summed E-state index contributed by atoms with van der Waals surface area (Å²) in [6.45, 7) is 1.91. The van der Waals surface area contributed by atoms with E-state index in [2.05, 4.69) is 10.6 Å². The highest BCUT2D eigenvalue weighted by Gasteiger charge is 2.20. The molecule has 1 aromatic heterocycles. The Morgan fingerprint density at radius 1 is 1.40 bits per heavy atom. The van der Waals surface area contributed by atoms with E-state index >= 15 is 0 Å². The second-order valence-corrected chi connectivity index (χ2v) is 4.24. The average molecular weight is 283 g/mol. The second-order valence-electron chi connectivity index (χ2n) is 4.24. The SMILES string of the molecule is Cc1ccc(CNC(=O)N[C@H](CCC(N)=O)C(=O)O)o1. The maximum Gasteiger partial charge on any atom is 0.326 e. The van der Waals surface area contributed by atoms with Gasteiger partial charge in [0.1, 0.15) is 17.6 Å². The number of carboxylic acid groups (broad SMARTS) is 1. The molecule has 0 aromatic carbocycles. The Morgan fingerprint density at radius 2 is 2.10 bits per heavy atom. The van der Waals surface area contributed by atoms with Crippen molar-refractivity contribution in [3.8, 4) is 0 Å². The minimum atomic E-state index is -1.23. The van der Waals surface area contributed by atoms with Gasteiger partial charge in [0.2, 0.25) is 5.91 Å². The summed E-state index contributed by atoms with van der Waals surface area (Å²) in [4.78, 5) is 33.1. The van der Waals surface area contributed by atoms with Crippen molar-refractivity contribution in [3.05, 3.63) is 23.7 Å². The first-order valence-electron chi connectivity index (χ1n) is 5.99. The molecule has 0 saturated heterocycles. The van der Waals surface area contributed by atoms with E-state index in [0.717, 1.165) is 0 Å². The number of nitrogens with one attached hydrogen (secondary N) is 2. The van der Waals surface area contributed by atoms with Gasteiger partial charge in [0.25, 0.3) is 0 Å². The van der Waals surface area contributed by atoms with Gasteiger partial charge >= 0.3 is 12.0 Å². The summed E-state index contributed by atoms with van der Waals surface area (Å²) in [5, 5.41) is 13.6. The number of hydrogen-bond donors (Lipinski definition) is 4. The summed E-state index contributed by atoms with van der Waals surface area (Å²) in [7, 11) is 0. The van der Waals surface area contributed by atoms with Crippen molar-refractivity contribution in [2.75, 3.05) is 0 Å². The molecule has 0 saturated carbocycles. The molecule has 8 nitrogen and oxygen atoms in total. The summed E-state index contributed by atoms with van der Waals surface area (Å²) >= 11 is 0. The van der Waals surface area contributed by atoms with Crippen LogP contribution in [0.4, 0.5) is 4.79 Å². The number of amides is 3. The van der Waals surface area contributed by atoms with Gasteiger partial charge in [-0.1, -0.05) is 0 Å². The summed E-state index contributed by atoms with van der Waals surface area (Å²) < 4.78 is 5.25. The first-order chi connectivity index (χ1) is 9.38. The molecule has 1 atom stereocenters. The van der Waals surface area contributed by atoms with Crippen molar-refractivity contribution in [2.45, 2.75) is 32.4 Å². The number of carboxylic acids is 1. The fourth-order valence-electron chi connectivity index (χ4n) is 1.50. The van der Waals surface area contributed by atoms with Gasteiger partial charge in [-0.05, 0) is 25.5 Å². The van der Waals surface area contributed by atoms with Gasteiger partial charge in [-0.2, -0.15) is 0 Å². The minimum Gasteiger partial charge on any atom is -0.480 e. The number of nitrogens with two attached hydrogens (primary N) is 1. The molecule has 0 aliphatic heterocycles.